The fourth-order valence-electron chi connectivity index (χ4n) is 12.7. The average Bonchev–Trinajstić information content (AvgIpc) is 1.66. The molecular weight excluding hydrogens is 1770 g/mol. The number of carbonyl (C=O) groups excluding carboxylic acids is 3. The van der Waals surface area contributed by atoms with Crippen molar-refractivity contribution < 1.29 is 174 Å². The topological polar surface area (TPSA) is 858 Å². The molecule has 6 heterocycles. The molecule has 0 saturated carbocycles. The fourth-order valence-corrected chi connectivity index (χ4v) is 12.7. The molecule has 46 nitrogen and oxygen atoms in total. The van der Waals surface area contributed by atoms with Crippen LogP contribution < -0.4 is 17.4 Å². The van der Waals surface area contributed by atoms with Crippen LogP contribution in [0.3, 0.4) is 0 Å². The summed E-state index contributed by atoms with van der Waals surface area (Å²) in [4.78, 5) is 180. The van der Waals surface area contributed by atoms with Gasteiger partial charge >= 0.3 is 71.6 Å². The number of aromatic amines is 6. The summed E-state index contributed by atoms with van der Waals surface area (Å²) in [5, 5.41) is 191. The van der Waals surface area contributed by atoms with Gasteiger partial charge in [0.25, 0.3) is 0 Å². The summed E-state index contributed by atoms with van der Waals surface area (Å²) >= 11 is 0. The van der Waals surface area contributed by atoms with Gasteiger partial charge in [-0.3, -0.25) is 24.0 Å². The minimum Gasteiger partial charge on any atom is -0.480 e. The Hall–Kier alpha value is -16.2. The maximum atomic E-state index is 11.4. The minimum absolute atomic E-state index is 0. The molecule has 134 heavy (non-hydrogen) atoms. The number of oxime groups is 2. The van der Waals surface area contributed by atoms with E-state index >= 15 is 0 Å². The van der Waals surface area contributed by atoms with Gasteiger partial charge in [0.05, 0.1) is 6.42 Å². The Morgan fingerprint density at radius 3 is 0.679 bits per heavy atom. The molecule has 0 radical (unpaired) electrons. The van der Waals surface area contributed by atoms with Crippen molar-refractivity contribution in [2.75, 3.05) is 0 Å². The number of benzene rings is 6. The molecule has 0 aliphatic carbocycles. The summed E-state index contributed by atoms with van der Waals surface area (Å²) in [6.45, 7) is 1.00. The highest BCUT2D eigenvalue weighted by atomic mass is 16.5. The van der Waals surface area contributed by atoms with Crippen LogP contribution in [-0.2, 0) is 110 Å². The number of carboxylic acid groups (broad SMARTS) is 12. The third kappa shape index (κ3) is 31.6. The zero-order valence-electron chi connectivity index (χ0n) is 67.9. The normalized spacial score (nSPS) is 13.4. The molecule has 12 rings (SSSR count). The number of H-pyrrole nitrogens is 6. The lowest BCUT2D eigenvalue weighted by Crippen LogP contribution is -2.48. The van der Waals surface area contributed by atoms with Crippen molar-refractivity contribution in [3.63, 3.8) is 0 Å². The molecule has 12 aromatic rings. The van der Waals surface area contributed by atoms with Gasteiger partial charge < -0.3 is 144 Å². The van der Waals surface area contributed by atoms with Crippen molar-refractivity contribution in [2.24, 2.45) is 27.7 Å². The SMILES string of the molecule is C.C.C.C.CC(=O)C(=O)O.NC(C[C@@](O)(Cc1c[nH]c2ccccc12)C(=O)O)C(=O)O.NO.N[C@H](C[C@@](O)(Cc1c[nH]c2ccccc12)C(=O)O)C(=O)O.O=C(O)/C(CC(O)(Cc1c[nH]c2ccccc12)C(=O)O)=N\O.O=C(O)/C(C[C@@](O)(Cc1c[nH]c2ccccc12)C(=O)O)=N\O.O=C(O)C(=O)CC(O)(Cc1c[nH]c2ccccc12)C(=O)O.O=C(O)C(=O)Cc1c[nH]c2ccccc12. The van der Waals surface area contributed by atoms with Crippen molar-refractivity contribution in [2.45, 2.75) is 147 Å². The standard InChI is InChI=1S/2C14H14N2O6.2C14H16N2O5.C14H13NO6.C11H9NO3.C3H4O3.4CH4.H3NO/c2*17-12(18)11(16-22)6-14(21,13(19)20)5-8-7-15-10-4-2-1-3-9(8)10;2*15-10(12(17)18)6-14(21,13(19)20)5-8-7-16-11-4-2-1-3-9(8)11;16-11(12(17)18)6-14(21,13(19)20)5-8-7-15-10-4-2-1-3-9(8)10;13-10(11(14)15)5-7-6-12-9-4-2-1-3-8(7)9;1-2(4)3(5)6;;;;;1-2/h2*1-4,7,15,21-22H,5-6H2,(H,17,18)(H,19,20);2*1-4,7,10,16,21H,5-6,15H2,(H,17,18)(H,19,20);1-4,7,15,21H,5-6H2,(H,17,18)(H,19,20);1-4,6,12H,5H2,(H,14,15);1H3,(H,5,6);4*1H4;2H,1H2/b2*16-11-;;;;;;;;;;/t14-;;10?,14-;10-,14+;;;;;;;;/m0.01......../s1. The number of carbonyl (C=O) groups is 15. The Morgan fingerprint density at radius 2 is 0.493 bits per heavy atom. The second-order valence-electron chi connectivity index (χ2n) is 28.8. The monoisotopic (exact) mass is 1880 g/mol. The maximum absolute atomic E-state index is 11.4. The molecule has 0 spiro atoms. The average molecular weight is 1880 g/mol. The number of fused-ring (bicyclic) bond motifs is 6. The molecule has 0 saturated heterocycles. The molecule has 46 heteroatoms. The number of Topliss-reactive ketones (excluding diaryl/α,β-unsaturated/α-hetero) is 3. The molecular formula is C88H105N11O35. The number of aliphatic carboxylic acids is 12. The van der Waals surface area contributed by atoms with E-state index in [1.165, 1.54) is 6.20 Å². The van der Waals surface area contributed by atoms with E-state index < -0.39 is 173 Å². The molecule has 0 amide bonds. The predicted molar refractivity (Wildman–Crippen MR) is 479 cm³/mol. The molecule has 7 atom stereocenters. The van der Waals surface area contributed by atoms with Crippen LogP contribution in [0.5, 0.6) is 0 Å². The maximum Gasteiger partial charge on any atom is 0.372 e. The molecule has 6 aromatic carbocycles. The number of hydrogen-bond donors (Lipinski definition) is 29. The Labute approximate surface area is 758 Å². The smallest absolute Gasteiger partial charge is 0.372 e. The summed E-state index contributed by atoms with van der Waals surface area (Å²) in [6, 6.07) is 40.3. The summed E-state index contributed by atoms with van der Waals surface area (Å²) < 4.78 is 0. The van der Waals surface area contributed by atoms with Crippen LogP contribution in [0.25, 0.3) is 65.4 Å². The van der Waals surface area contributed by atoms with Gasteiger partial charge in [-0.05, 0) is 69.8 Å². The zero-order valence-corrected chi connectivity index (χ0v) is 67.9. The van der Waals surface area contributed by atoms with E-state index in [9.17, 15) is 118 Å². The molecule has 3 unspecified atom stereocenters. The predicted octanol–water partition coefficient (Wildman–Crippen LogP) is 5.79. The van der Waals surface area contributed by atoms with Crippen molar-refractivity contribution >= 4 is 166 Å². The van der Waals surface area contributed by atoms with Gasteiger partial charge in [-0.25, -0.2) is 53.8 Å². The third-order valence-corrected chi connectivity index (χ3v) is 19.4. The Balaban J connectivity index is 0.000000788. The first-order valence-electron chi connectivity index (χ1n) is 37.5. The molecule has 32 N–H and O–H groups in total. The van der Waals surface area contributed by atoms with Gasteiger partial charge in [0.15, 0.2) is 39.4 Å². The lowest BCUT2D eigenvalue weighted by molar-refractivity contribution is -0.164. The number of nitrogens with two attached hydrogens (primary N) is 3. The van der Waals surface area contributed by atoms with E-state index in [4.69, 9.17) is 67.9 Å². The minimum atomic E-state index is -2.46. The Morgan fingerprint density at radius 1 is 0.299 bits per heavy atom. The van der Waals surface area contributed by atoms with E-state index in [2.05, 4.69) is 46.1 Å². The number of hydrogen-bond acceptors (Lipinski definition) is 28. The van der Waals surface area contributed by atoms with E-state index in [0.29, 0.717) is 33.2 Å². The highest BCUT2D eigenvalue weighted by Gasteiger charge is 2.45. The van der Waals surface area contributed by atoms with Crippen LogP contribution in [0, 0.1) is 0 Å². The fraction of sp³-hybridized carbons (Fsp3) is 0.261. The van der Waals surface area contributed by atoms with Gasteiger partial charge in [-0.2, -0.15) is 0 Å². The number of para-hydroxylation sites is 6. The molecule has 722 valence electrons. The van der Waals surface area contributed by atoms with Crippen molar-refractivity contribution in [1.82, 2.24) is 29.9 Å². The van der Waals surface area contributed by atoms with E-state index in [1.807, 2.05) is 48.5 Å². The summed E-state index contributed by atoms with van der Waals surface area (Å²) in [5.41, 5.74) is 5.56. The number of aliphatic hydroxyl groups is 5. The van der Waals surface area contributed by atoms with E-state index in [0.717, 1.165) is 72.5 Å². The first-order valence-corrected chi connectivity index (χ1v) is 37.5. The van der Waals surface area contributed by atoms with Crippen LogP contribution in [0.2, 0.25) is 0 Å². The number of nitrogens with zero attached hydrogens (tertiary/aromatic N) is 2. The second kappa shape index (κ2) is 51.8. The van der Waals surface area contributed by atoms with Crippen molar-refractivity contribution in [3.8, 4) is 0 Å². The lowest BCUT2D eigenvalue weighted by Gasteiger charge is -2.24. The number of rotatable bonds is 34. The summed E-state index contributed by atoms with van der Waals surface area (Å²) in [7, 11) is 0. The third-order valence-electron chi connectivity index (χ3n) is 19.4. The molecule has 0 bridgehead atoms. The summed E-state index contributed by atoms with van der Waals surface area (Å²) in [5.74, 6) is -17.7. The van der Waals surface area contributed by atoms with Crippen LogP contribution in [-0.4, -0.2) is 273 Å². The van der Waals surface area contributed by atoms with E-state index in [-0.39, 0.29) is 68.2 Å². The first kappa shape index (κ1) is 116. The van der Waals surface area contributed by atoms with Crippen LogP contribution in [0.15, 0.2) is 193 Å². The largest absolute Gasteiger partial charge is 0.480 e. The van der Waals surface area contributed by atoms with Crippen LogP contribution in [0.4, 0.5) is 0 Å². The van der Waals surface area contributed by atoms with Gasteiger partial charge in [-0.1, -0.05) is 149 Å². The Kier molecular flexibility index (Phi) is 44.8. The highest BCUT2D eigenvalue weighted by molar-refractivity contribution is 6.37. The lowest BCUT2D eigenvalue weighted by atomic mass is 9.88. The quantitative estimate of drug-likeness (QED) is 0.00981. The first-order chi connectivity index (χ1) is 61.1. The van der Waals surface area contributed by atoms with Gasteiger partial charge in [0.1, 0.15) is 12.1 Å². The van der Waals surface area contributed by atoms with Crippen molar-refractivity contribution in [1.29, 1.82) is 0 Å². The molecule has 0 aliphatic heterocycles. The molecule has 0 aliphatic rings. The number of nitrogens with one attached hydrogen (secondary N) is 6. The van der Waals surface area contributed by atoms with Gasteiger partial charge in [0.2, 0.25) is 17.3 Å². The second-order valence-corrected chi connectivity index (χ2v) is 28.8. The highest BCUT2D eigenvalue weighted by Crippen LogP contribution is 2.32. The number of aromatic nitrogens is 6. The van der Waals surface area contributed by atoms with Crippen LogP contribution >= 0.6 is 0 Å². The van der Waals surface area contributed by atoms with Gasteiger partial charge in [-0.15, -0.1) is 0 Å². The van der Waals surface area contributed by atoms with Crippen LogP contribution in [0.1, 0.15) is 102 Å². The number of ketones is 3. The summed E-state index contributed by atoms with van der Waals surface area (Å²) in [6.07, 6.45) is 4.16. The van der Waals surface area contributed by atoms with E-state index in [1.54, 1.807) is 128 Å². The molecule has 0 fully saturated rings. The molecule has 6 aromatic heterocycles. The van der Waals surface area contributed by atoms with Gasteiger partial charge in [0, 0.05) is 174 Å². The Bertz CT molecular complexity index is 5940. The zero-order chi connectivity index (χ0) is 97.5. The number of carboxylic acids is 12. The van der Waals surface area contributed by atoms with Crippen molar-refractivity contribution in [3.05, 3.63) is 216 Å².